The van der Waals surface area contributed by atoms with Crippen molar-refractivity contribution in [1.82, 2.24) is 10.2 Å². The van der Waals surface area contributed by atoms with Gasteiger partial charge in [-0.15, -0.1) is 0 Å². The quantitative estimate of drug-likeness (QED) is 0.427. The molecule has 0 unspecified atom stereocenters. The van der Waals surface area contributed by atoms with E-state index in [0.717, 1.165) is 13.1 Å². The Morgan fingerprint density at radius 2 is 2.00 bits per heavy atom. The molecule has 1 amide bonds. The molecule has 0 aliphatic carbocycles. The number of Topliss-reactive ketones (excluding diaryl/α,β-unsaturated/α-hetero) is 1. The predicted molar refractivity (Wildman–Crippen MR) is 48.5 cm³/mol. The van der Waals surface area contributed by atoms with Gasteiger partial charge in [-0.3, -0.25) is 9.59 Å². The molecule has 5 nitrogen and oxygen atoms in total. The van der Waals surface area contributed by atoms with E-state index in [9.17, 15) is 9.59 Å². The van der Waals surface area contributed by atoms with E-state index in [1.165, 1.54) is 0 Å². The van der Waals surface area contributed by atoms with Crippen molar-refractivity contribution in [3.8, 4) is 0 Å². The second kappa shape index (κ2) is 3.79. The van der Waals surface area contributed by atoms with Gasteiger partial charge in [0.25, 0.3) is 5.91 Å². The summed E-state index contributed by atoms with van der Waals surface area (Å²) in [7, 11) is 0. The Kier molecular flexibility index (Phi) is 2.49. The molecule has 2 rings (SSSR count). The zero-order valence-electron chi connectivity index (χ0n) is 7.78. The van der Waals surface area contributed by atoms with Gasteiger partial charge in [0.05, 0.1) is 19.8 Å². The number of ether oxygens (including phenoxy) is 1. The molecule has 2 aliphatic heterocycles. The summed E-state index contributed by atoms with van der Waals surface area (Å²) in [5.41, 5.74) is 0.270. The number of nitrogens with zero attached hydrogens (tertiary/aromatic N) is 1. The highest BCUT2D eigenvalue weighted by atomic mass is 16.5. The molecule has 0 aromatic rings. The van der Waals surface area contributed by atoms with Crippen LogP contribution in [0.3, 0.4) is 0 Å². The lowest BCUT2D eigenvalue weighted by atomic mass is 10.2. The zero-order chi connectivity index (χ0) is 9.97. The van der Waals surface area contributed by atoms with Crippen LogP contribution < -0.4 is 5.32 Å². The lowest BCUT2D eigenvalue weighted by Gasteiger charge is -2.25. The van der Waals surface area contributed by atoms with E-state index in [1.54, 1.807) is 6.20 Å². The highest BCUT2D eigenvalue weighted by molar-refractivity contribution is 6.24. The van der Waals surface area contributed by atoms with Gasteiger partial charge in [-0.25, -0.2) is 0 Å². The second-order valence-corrected chi connectivity index (χ2v) is 3.30. The van der Waals surface area contributed by atoms with Crippen LogP contribution in [0.1, 0.15) is 0 Å². The molecule has 0 aromatic carbocycles. The summed E-state index contributed by atoms with van der Waals surface area (Å²) in [4.78, 5) is 24.4. The monoisotopic (exact) mass is 196 g/mol. The standard InChI is InChI=1S/C9H12N2O3/c12-8-5-10-9(13)7(8)6-11-1-3-14-4-2-11/h6H,1-5H2,(H,10,13)/b7-6-. The van der Waals surface area contributed by atoms with Crippen molar-refractivity contribution in [2.45, 2.75) is 0 Å². The molecule has 0 bridgehead atoms. The van der Waals surface area contributed by atoms with E-state index in [4.69, 9.17) is 4.74 Å². The maximum absolute atomic E-state index is 11.2. The molecule has 76 valence electrons. The summed E-state index contributed by atoms with van der Waals surface area (Å²) in [6.45, 7) is 2.92. The summed E-state index contributed by atoms with van der Waals surface area (Å²) >= 11 is 0. The average Bonchev–Trinajstić information content (AvgIpc) is 2.51. The molecule has 0 aromatic heterocycles. The molecule has 0 atom stereocenters. The fourth-order valence-electron chi connectivity index (χ4n) is 1.50. The van der Waals surface area contributed by atoms with Gasteiger partial charge in [0.1, 0.15) is 5.57 Å². The van der Waals surface area contributed by atoms with Crippen LogP contribution in [0.5, 0.6) is 0 Å². The minimum Gasteiger partial charge on any atom is -0.378 e. The molecular formula is C9H12N2O3. The predicted octanol–water partition coefficient (Wildman–Crippen LogP) is -1.10. The first kappa shape index (κ1) is 9.21. The minimum absolute atomic E-state index is 0.124. The third-order valence-electron chi connectivity index (χ3n) is 2.31. The van der Waals surface area contributed by atoms with Crippen LogP contribution in [0.2, 0.25) is 0 Å². The van der Waals surface area contributed by atoms with Crippen LogP contribution >= 0.6 is 0 Å². The third-order valence-corrected chi connectivity index (χ3v) is 2.31. The van der Waals surface area contributed by atoms with Gasteiger partial charge in [0.15, 0.2) is 5.78 Å². The van der Waals surface area contributed by atoms with Gasteiger partial charge in [0.2, 0.25) is 0 Å². The van der Waals surface area contributed by atoms with E-state index in [2.05, 4.69) is 5.32 Å². The van der Waals surface area contributed by atoms with Gasteiger partial charge in [-0.05, 0) is 0 Å². The van der Waals surface area contributed by atoms with Crippen molar-refractivity contribution >= 4 is 11.7 Å². The van der Waals surface area contributed by atoms with Crippen LogP contribution in [-0.4, -0.2) is 49.4 Å². The Morgan fingerprint density at radius 1 is 1.29 bits per heavy atom. The van der Waals surface area contributed by atoms with Gasteiger partial charge in [-0.1, -0.05) is 0 Å². The summed E-state index contributed by atoms with van der Waals surface area (Å²) < 4.78 is 5.16. The van der Waals surface area contributed by atoms with Crippen LogP contribution in [0.4, 0.5) is 0 Å². The molecule has 2 heterocycles. The summed E-state index contributed by atoms with van der Waals surface area (Å²) in [5.74, 6) is -0.386. The van der Waals surface area contributed by atoms with E-state index >= 15 is 0 Å². The topological polar surface area (TPSA) is 58.6 Å². The second-order valence-electron chi connectivity index (χ2n) is 3.30. The molecule has 14 heavy (non-hydrogen) atoms. The van der Waals surface area contributed by atoms with Crippen molar-refractivity contribution in [3.63, 3.8) is 0 Å². The summed E-state index contributed by atoms with van der Waals surface area (Å²) in [6, 6.07) is 0. The van der Waals surface area contributed by atoms with E-state index < -0.39 is 0 Å². The average molecular weight is 196 g/mol. The molecule has 5 heteroatoms. The van der Waals surface area contributed by atoms with E-state index in [0.29, 0.717) is 13.2 Å². The lowest BCUT2D eigenvalue weighted by Crippen LogP contribution is -2.33. The van der Waals surface area contributed by atoms with Gasteiger partial charge in [-0.2, -0.15) is 0 Å². The maximum atomic E-state index is 11.2. The molecular weight excluding hydrogens is 184 g/mol. The molecule has 0 radical (unpaired) electrons. The van der Waals surface area contributed by atoms with Crippen molar-refractivity contribution in [2.75, 3.05) is 32.8 Å². The third kappa shape index (κ3) is 1.77. The molecule has 2 saturated heterocycles. The number of ketones is 1. The molecule has 1 N–H and O–H groups in total. The first-order valence-corrected chi connectivity index (χ1v) is 4.62. The Labute approximate surface area is 81.7 Å². The summed E-state index contributed by atoms with van der Waals surface area (Å²) in [6.07, 6.45) is 1.65. The first-order chi connectivity index (χ1) is 6.77. The Bertz CT molecular complexity index is 274. The molecule has 0 spiro atoms. The largest absolute Gasteiger partial charge is 0.378 e. The number of carbonyl (C=O) groups is 2. The van der Waals surface area contributed by atoms with Crippen LogP contribution in [-0.2, 0) is 14.3 Å². The fourth-order valence-corrected chi connectivity index (χ4v) is 1.50. The van der Waals surface area contributed by atoms with Crippen LogP contribution in [0, 0.1) is 0 Å². The van der Waals surface area contributed by atoms with Crippen molar-refractivity contribution in [2.24, 2.45) is 0 Å². The van der Waals surface area contributed by atoms with Crippen molar-refractivity contribution in [1.29, 1.82) is 0 Å². The lowest BCUT2D eigenvalue weighted by molar-refractivity contribution is -0.117. The van der Waals surface area contributed by atoms with Crippen molar-refractivity contribution in [3.05, 3.63) is 11.8 Å². The number of hydrogen-bond donors (Lipinski definition) is 1. The first-order valence-electron chi connectivity index (χ1n) is 4.62. The Balaban J connectivity index is 2.07. The SMILES string of the molecule is O=C1CNC(=O)/C1=C\N1CCOCC1. The van der Waals surface area contributed by atoms with Crippen LogP contribution in [0.25, 0.3) is 0 Å². The fraction of sp³-hybridized carbons (Fsp3) is 0.556. The number of amides is 1. The smallest absolute Gasteiger partial charge is 0.256 e. The normalized spacial score (nSPS) is 25.7. The van der Waals surface area contributed by atoms with Crippen LogP contribution in [0.15, 0.2) is 11.8 Å². The minimum atomic E-state index is -0.263. The van der Waals surface area contributed by atoms with E-state index in [-0.39, 0.29) is 23.8 Å². The van der Waals surface area contributed by atoms with Gasteiger partial charge < -0.3 is 15.0 Å². The maximum Gasteiger partial charge on any atom is 0.256 e. The van der Waals surface area contributed by atoms with Gasteiger partial charge >= 0.3 is 0 Å². The Hall–Kier alpha value is -1.36. The summed E-state index contributed by atoms with van der Waals surface area (Å²) in [5, 5.41) is 2.49. The Morgan fingerprint density at radius 3 is 2.57 bits per heavy atom. The van der Waals surface area contributed by atoms with Gasteiger partial charge in [0, 0.05) is 19.3 Å². The van der Waals surface area contributed by atoms with Crippen molar-refractivity contribution < 1.29 is 14.3 Å². The number of carbonyl (C=O) groups excluding carboxylic acids is 2. The highest BCUT2D eigenvalue weighted by Crippen LogP contribution is 2.07. The molecule has 2 fully saturated rings. The number of nitrogens with one attached hydrogen (secondary N) is 1. The molecule has 2 aliphatic rings. The number of rotatable bonds is 1. The number of hydrogen-bond acceptors (Lipinski definition) is 4. The van der Waals surface area contributed by atoms with E-state index in [1.807, 2.05) is 4.90 Å². The molecule has 0 saturated carbocycles. The zero-order valence-corrected chi connectivity index (χ0v) is 7.78. The number of morpholine rings is 1. The highest BCUT2D eigenvalue weighted by Gasteiger charge is 2.26.